The van der Waals surface area contributed by atoms with Crippen LogP contribution >= 0.6 is 0 Å². The molecule has 2 rings (SSSR count). The van der Waals surface area contributed by atoms with Crippen molar-refractivity contribution in [1.82, 2.24) is 0 Å². The van der Waals surface area contributed by atoms with Crippen molar-refractivity contribution >= 4 is 0 Å². The van der Waals surface area contributed by atoms with E-state index in [2.05, 4.69) is 0 Å². The first-order chi connectivity index (χ1) is 10.3. The SMILES string of the molecule is NC1C(O)[C@H](O)C(CO)O[C@@H]1O[C@@H]1C(N)C[C@@H](N)[C@@H](O)C1O. The smallest absolute Gasteiger partial charge is 0.176 e. The van der Waals surface area contributed by atoms with Crippen LogP contribution in [0.4, 0.5) is 0 Å². The van der Waals surface area contributed by atoms with Crippen molar-refractivity contribution in [1.29, 1.82) is 0 Å². The molecule has 130 valence electrons. The van der Waals surface area contributed by atoms with E-state index in [4.69, 9.17) is 31.8 Å². The molecule has 0 amide bonds. The molecular weight excluding hydrogens is 298 g/mol. The number of aliphatic hydroxyl groups excluding tert-OH is 5. The Morgan fingerprint density at radius 1 is 0.909 bits per heavy atom. The van der Waals surface area contributed by atoms with Gasteiger partial charge in [-0.1, -0.05) is 0 Å². The average molecular weight is 323 g/mol. The van der Waals surface area contributed by atoms with Crippen molar-refractivity contribution < 1.29 is 35.0 Å². The fourth-order valence-electron chi connectivity index (χ4n) is 2.85. The molecule has 0 aromatic rings. The minimum absolute atomic E-state index is 0.222. The Kier molecular flexibility index (Phi) is 5.72. The lowest BCUT2D eigenvalue weighted by atomic mass is 9.84. The van der Waals surface area contributed by atoms with E-state index in [1.54, 1.807) is 0 Å². The highest BCUT2D eigenvalue weighted by Crippen LogP contribution is 2.27. The minimum Gasteiger partial charge on any atom is -0.394 e. The van der Waals surface area contributed by atoms with Gasteiger partial charge in [0.1, 0.15) is 30.5 Å². The average Bonchev–Trinajstić information content (AvgIpc) is 2.49. The van der Waals surface area contributed by atoms with Crippen molar-refractivity contribution in [2.24, 2.45) is 17.2 Å². The van der Waals surface area contributed by atoms with Gasteiger partial charge in [-0.25, -0.2) is 0 Å². The highest BCUT2D eigenvalue weighted by atomic mass is 16.7. The summed E-state index contributed by atoms with van der Waals surface area (Å²) in [5.41, 5.74) is 17.3. The van der Waals surface area contributed by atoms with Gasteiger partial charge in [0.2, 0.25) is 0 Å². The quantitative estimate of drug-likeness (QED) is 0.248. The Balaban J connectivity index is 2.08. The van der Waals surface area contributed by atoms with Gasteiger partial charge in [0.25, 0.3) is 0 Å². The second kappa shape index (κ2) is 7.01. The number of hydrogen-bond acceptors (Lipinski definition) is 10. The van der Waals surface area contributed by atoms with Crippen molar-refractivity contribution in [2.75, 3.05) is 6.61 Å². The van der Waals surface area contributed by atoms with Crippen LogP contribution in [0.3, 0.4) is 0 Å². The molecule has 1 saturated heterocycles. The fraction of sp³-hybridized carbons (Fsp3) is 1.00. The van der Waals surface area contributed by atoms with E-state index in [1.165, 1.54) is 0 Å². The normalized spacial score (nSPS) is 53.5. The van der Waals surface area contributed by atoms with E-state index in [1.807, 2.05) is 0 Å². The highest BCUT2D eigenvalue weighted by Gasteiger charge is 2.47. The molecular formula is C12H25N3O7. The van der Waals surface area contributed by atoms with E-state index in [-0.39, 0.29) is 6.42 Å². The van der Waals surface area contributed by atoms with Gasteiger partial charge in [-0.3, -0.25) is 0 Å². The molecule has 10 nitrogen and oxygen atoms in total. The summed E-state index contributed by atoms with van der Waals surface area (Å²) < 4.78 is 10.8. The largest absolute Gasteiger partial charge is 0.394 e. The molecule has 10 heteroatoms. The van der Waals surface area contributed by atoms with Crippen LogP contribution in [-0.2, 0) is 9.47 Å². The summed E-state index contributed by atoms with van der Waals surface area (Å²) in [4.78, 5) is 0. The summed E-state index contributed by atoms with van der Waals surface area (Å²) in [5, 5.41) is 48.6. The van der Waals surface area contributed by atoms with E-state index >= 15 is 0 Å². The first kappa shape index (κ1) is 17.9. The van der Waals surface area contributed by atoms with Crippen molar-refractivity contribution in [2.45, 2.75) is 67.5 Å². The van der Waals surface area contributed by atoms with Crippen LogP contribution < -0.4 is 17.2 Å². The van der Waals surface area contributed by atoms with Gasteiger partial charge in [-0.2, -0.15) is 0 Å². The molecule has 0 aromatic heterocycles. The summed E-state index contributed by atoms with van der Waals surface area (Å²) in [5.74, 6) is 0. The molecule has 5 unspecified atom stereocenters. The van der Waals surface area contributed by atoms with Crippen LogP contribution in [0, 0.1) is 0 Å². The molecule has 0 aromatic carbocycles. The zero-order chi connectivity index (χ0) is 16.6. The topological polar surface area (TPSA) is 198 Å². The zero-order valence-electron chi connectivity index (χ0n) is 12.0. The molecule has 1 saturated carbocycles. The minimum atomic E-state index is -1.37. The lowest BCUT2D eigenvalue weighted by Crippen LogP contribution is -2.67. The summed E-state index contributed by atoms with van der Waals surface area (Å²) in [6, 6.07) is -2.45. The lowest BCUT2D eigenvalue weighted by molar-refractivity contribution is -0.293. The van der Waals surface area contributed by atoms with Crippen molar-refractivity contribution in [3.63, 3.8) is 0 Å². The van der Waals surface area contributed by atoms with Gasteiger partial charge in [-0.15, -0.1) is 0 Å². The van der Waals surface area contributed by atoms with E-state index < -0.39 is 67.6 Å². The Morgan fingerprint density at radius 2 is 1.55 bits per heavy atom. The molecule has 2 aliphatic rings. The molecule has 1 aliphatic carbocycles. The molecule has 22 heavy (non-hydrogen) atoms. The maximum atomic E-state index is 10.0. The molecule has 1 aliphatic heterocycles. The van der Waals surface area contributed by atoms with Crippen LogP contribution in [0.2, 0.25) is 0 Å². The molecule has 10 atom stereocenters. The first-order valence-electron chi connectivity index (χ1n) is 7.18. The number of nitrogens with two attached hydrogens (primary N) is 3. The summed E-state index contributed by atoms with van der Waals surface area (Å²) in [6.07, 6.45) is -8.36. The molecule has 0 bridgehead atoms. The Morgan fingerprint density at radius 3 is 2.14 bits per heavy atom. The van der Waals surface area contributed by atoms with Crippen molar-refractivity contribution in [3.8, 4) is 0 Å². The second-order valence-corrected chi connectivity index (χ2v) is 5.93. The standard InChI is InChI=1S/C12H25N3O7/c13-3-1-4(14)11(10(20)7(3)17)22-12-6(15)9(19)8(18)5(2-16)21-12/h3-12,16-20H,1-2,13-15H2/t3-,4?,5?,6?,7-,8-,9?,10?,11-,12-/m1/s1. The monoisotopic (exact) mass is 323 g/mol. The van der Waals surface area contributed by atoms with Crippen molar-refractivity contribution in [3.05, 3.63) is 0 Å². The Labute approximate surface area is 127 Å². The molecule has 0 spiro atoms. The second-order valence-electron chi connectivity index (χ2n) is 5.93. The van der Waals surface area contributed by atoms with Crippen LogP contribution in [0.5, 0.6) is 0 Å². The Hall–Kier alpha value is -0.400. The highest BCUT2D eigenvalue weighted by molar-refractivity contribution is 4.99. The summed E-state index contributed by atoms with van der Waals surface area (Å²) in [7, 11) is 0. The third-order valence-electron chi connectivity index (χ3n) is 4.31. The van der Waals surface area contributed by atoms with Gasteiger partial charge >= 0.3 is 0 Å². The summed E-state index contributed by atoms with van der Waals surface area (Å²) >= 11 is 0. The lowest BCUT2D eigenvalue weighted by Gasteiger charge is -2.45. The van der Waals surface area contributed by atoms with Gasteiger partial charge < -0.3 is 52.2 Å². The summed E-state index contributed by atoms with van der Waals surface area (Å²) in [6.45, 7) is -0.544. The van der Waals surface area contributed by atoms with Crippen LogP contribution in [0.1, 0.15) is 6.42 Å². The number of ether oxygens (including phenoxy) is 2. The molecule has 1 heterocycles. The number of hydrogen-bond donors (Lipinski definition) is 8. The number of rotatable bonds is 3. The first-order valence-corrected chi connectivity index (χ1v) is 7.18. The fourth-order valence-corrected chi connectivity index (χ4v) is 2.85. The predicted octanol–water partition coefficient (Wildman–Crippen LogP) is -5.08. The predicted molar refractivity (Wildman–Crippen MR) is 73.2 cm³/mol. The van der Waals surface area contributed by atoms with Gasteiger partial charge in [-0.05, 0) is 6.42 Å². The van der Waals surface area contributed by atoms with Gasteiger partial charge in [0, 0.05) is 12.1 Å². The van der Waals surface area contributed by atoms with Crippen LogP contribution in [0.15, 0.2) is 0 Å². The maximum Gasteiger partial charge on any atom is 0.176 e. The molecule has 2 fully saturated rings. The third-order valence-corrected chi connectivity index (χ3v) is 4.31. The molecule has 11 N–H and O–H groups in total. The van der Waals surface area contributed by atoms with Crippen LogP contribution in [0.25, 0.3) is 0 Å². The van der Waals surface area contributed by atoms with Gasteiger partial charge in [0.05, 0.1) is 18.8 Å². The van der Waals surface area contributed by atoms with Gasteiger partial charge in [0.15, 0.2) is 6.29 Å². The Bertz CT molecular complexity index is 375. The van der Waals surface area contributed by atoms with E-state index in [0.29, 0.717) is 0 Å². The van der Waals surface area contributed by atoms with Crippen LogP contribution in [-0.4, -0.2) is 93.2 Å². The number of aliphatic hydroxyl groups is 5. The maximum absolute atomic E-state index is 10.0. The zero-order valence-corrected chi connectivity index (χ0v) is 12.0. The van der Waals surface area contributed by atoms with E-state index in [0.717, 1.165) is 0 Å². The molecule has 0 radical (unpaired) electrons. The third kappa shape index (κ3) is 3.26. The van der Waals surface area contributed by atoms with E-state index in [9.17, 15) is 20.4 Å².